The number of hydrogen-bond donors (Lipinski definition) is 1. The molecule has 2 nitrogen and oxygen atoms in total. The van der Waals surface area contributed by atoms with Crippen LogP contribution in [-0.2, 0) is 10.3 Å². The highest BCUT2D eigenvalue weighted by Gasteiger charge is 2.19. The van der Waals surface area contributed by atoms with E-state index in [0.29, 0.717) is 6.54 Å². The van der Waals surface area contributed by atoms with Crippen molar-refractivity contribution in [3.8, 4) is 0 Å². The van der Waals surface area contributed by atoms with Crippen LogP contribution in [-0.4, -0.2) is 26.2 Å². The molecule has 1 rings (SSSR count). The first kappa shape index (κ1) is 15.0. The van der Waals surface area contributed by atoms with Crippen LogP contribution in [0.2, 0.25) is 0 Å². The molecule has 1 N–H and O–H groups in total. The summed E-state index contributed by atoms with van der Waals surface area (Å²) in [4.78, 5) is 0. The van der Waals surface area contributed by atoms with Crippen molar-refractivity contribution in [3.63, 3.8) is 0 Å². The van der Waals surface area contributed by atoms with Gasteiger partial charge in [-0.25, -0.2) is 13.2 Å². The fourth-order valence-corrected chi connectivity index (χ4v) is 1.59. The SMILES string of the molecule is CC(C)(NCCOCC(F)F)c1cccc(F)c1. The molecule has 0 heterocycles. The Bertz CT molecular complexity index is 369. The van der Waals surface area contributed by atoms with E-state index in [1.807, 2.05) is 19.9 Å². The van der Waals surface area contributed by atoms with Gasteiger partial charge in [0.05, 0.1) is 6.61 Å². The lowest BCUT2D eigenvalue weighted by molar-refractivity contribution is 0.0173. The lowest BCUT2D eigenvalue weighted by atomic mass is 9.94. The van der Waals surface area contributed by atoms with Crippen molar-refractivity contribution in [2.45, 2.75) is 25.8 Å². The molecule has 0 saturated heterocycles. The van der Waals surface area contributed by atoms with Crippen LogP contribution in [0, 0.1) is 5.82 Å². The minimum absolute atomic E-state index is 0.198. The summed E-state index contributed by atoms with van der Waals surface area (Å²) < 4.78 is 41.5. The molecule has 0 amide bonds. The first-order valence-corrected chi connectivity index (χ1v) is 5.79. The molecule has 0 saturated carbocycles. The third kappa shape index (κ3) is 5.06. The van der Waals surface area contributed by atoms with E-state index >= 15 is 0 Å². The number of hydrogen-bond acceptors (Lipinski definition) is 2. The molecular weight excluding hydrogens is 243 g/mol. The Morgan fingerprint density at radius 2 is 2.06 bits per heavy atom. The van der Waals surface area contributed by atoms with E-state index in [9.17, 15) is 13.2 Å². The Labute approximate surface area is 105 Å². The van der Waals surface area contributed by atoms with E-state index in [-0.39, 0.29) is 12.4 Å². The molecule has 0 fully saturated rings. The van der Waals surface area contributed by atoms with Crippen LogP contribution in [0.5, 0.6) is 0 Å². The minimum atomic E-state index is -2.44. The third-order valence-corrected chi connectivity index (χ3v) is 2.60. The Morgan fingerprint density at radius 1 is 1.33 bits per heavy atom. The summed E-state index contributed by atoms with van der Waals surface area (Å²) in [7, 11) is 0. The summed E-state index contributed by atoms with van der Waals surface area (Å²) in [5.41, 5.74) is 0.368. The Hall–Kier alpha value is -1.07. The van der Waals surface area contributed by atoms with E-state index in [0.717, 1.165) is 5.56 Å². The largest absolute Gasteiger partial charge is 0.374 e. The van der Waals surface area contributed by atoms with Crippen LogP contribution >= 0.6 is 0 Å². The van der Waals surface area contributed by atoms with Crippen LogP contribution in [0.1, 0.15) is 19.4 Å². The number of benzene rings is 1. The molecule has 1 aromatic carbocycles. The van der Waals surface area contributed by atoms with Crippen LogP contribution in [0.15, 0.2) is 24.3 Å². The van der Waals surface area contributed by atoms with Gasteiger partial charge in [0, 0.05) is 12.1 Å². The van der Waals surface area contributed by atoms with Gasteiger partial charge < -0.3 is 10.1 Å². The second kappa shape index (κ2) is 6.75. The van der Waals surface area contributed by atoms with Crippen LogP contribution in [0.4, 0.5) is 13.2 Å². The minimum Gasteiger partial charge on any atom is -0.374 e. The highest BCUT2D eigenvalue weighted by molar-refractivity contribution is 5.23. The second-order valence-electron chi connectivity index (χ2n) is 4.53. The predicted octanol–water partition coefficient (Wildman–Crippen LogP) is 2.93. The van der Waals surface area contributed by atoms with Crippen molar-refractivity contribution >= 4 is 0 Å². The fraction of sp³-hybridized carbons (Fsp3) is 0.538. The molecular formula is C13H18F3NO. The van der Waals surface area contributed by atoms with Crippen LogP contribution in [0.3, 0.4) is 0 Å². The van der Waals surface area contributed by atoms with Gasteiger partial charge in [-0.05, 0) is 31.5 Å². The Balaban J connectivity index is 2.40. The summed E-state index contributed by atoms with van der Waals surface area (Å²) in [5, 5.41) is 3.14. The molecule has 0 aromatic heterocycles. The topological polar surface area (TPSA) is 21.3 Å². The van der Waals surface area contributed by atoms with Gasteiger partial charge in [0.1, 0.15) is 12.4 Å². The molecule has 1 aromatic rings. The molecule has 0 unspecified atom stereocenters. The lowest BCUT2D eigenvalue weighted by Crippen LogP contribution is -2.38. The van der Waals surface area contributed by atoms with Gasteiger partial charge in [0.2, 0.25) is 0 Å². The zero-order valence-corrected chi connectivity index (χ0v) is 10.6. The van der Waals surface area contributed by atoms with Gasteiger partial charge in [-0.3, -0.25) is 0 Å². The molecule has 0 atom stereocenters. The fourth-order valence-electron chi connectivity index (χ4n) is 1.59. The van der Waals surface area contributed by atoms with E-state index in [4.69, 9.17) is 4.74 Å². The zero-order valence-electron chi connectivity index (χ0n) is 10.6. The van der Waals surface area contributed by atoms with Gasteiger partial charge in [-0.2, -0.15) is 0 Å². The second-order valence-corrected chi connectivity index (χ2v) is 4.53. The van der Waals surface area contributed by atoms with Crippen LogP contribution in [0.25, 0.3) is 0 Å². The average Bonchev–Trinajstić information content (AvgIpc) is 2.28. The Morgan fingerprint density at radius 3 is 2.67 bits per heavy atom. The molecule has 0 spiro atoms. The lowest BCUT2D eigenvalue weighted by Gasteiger charge is -2.27. The normalized spacial score (nSPS) is 12.1. The van der Waals surface area contributed by atoms with Gasteiger partial charge in [-0.15, -0.1) is 0 Å². The van der Waals surface area contributed by atoms with Gasteiger partial charge in [0.25, 0.3) is 6.43 Å². The summed E-state index contributed by atoms with van der Waals surface area (Å²) in [6.45, 7) is 3.87. The van der Waals surface area contributed by atoms with Gasteiger partial charge in [-0.1, -0.05) is 12.1 Å². The van der Waals surface area contributed by atoms with E-state index in [1.54, 1.807) is 6.07 Å². The molecule has 0 aliphatic heterocycles. The van der Waals surface area contributed by atoms with E-state index in [2.05, 4.69) is 5.32 Å². The first-order valence-electron chi connectivity index (χ1n) is 5.79. The molecule has 18 heavy (non-hydrogen) atoms. The van der Waals surface area contributed by atoms with Crippen molar-refractivity contribution in [3.05, 3.63) is 35.6 Å². The van der Waals surface area contributed by atoms with Crippen molar-refractivity contribution in [2.24, 2.45) is 0 Å². The van der Waals surface area contributed by atoms with Crippen molar-refractivity contribution in [1.82, 2.24) is 5.32 Å². The maximum atomic E-state index is 13.1. The number of rotatable bonds is 7. The first-order chi connectivity index (χ1) is 8.42. The average molecular weight is 261 g/mol. The van der Waals surface area contributed by atoms with Gasteiger partial charge >= 0.3 is 0 Å². The summed E-state index contributed by atoms with van der Waals surface area (Å²) >= 11 is 0. The smallest absolute Gasteiger partial charge is 0.261 e. The quantitative estimate of drug-likeness (QED) is 0.762. The van der Waals surface area contributed by atoms with E-state index < -0.39 is 18.6 Å². The molecule has 0 aliphatic rings. The summed E-state index contributed by atoms with van der Waals surface area (Å²) in [6, 6.07) is 6.29. The number of ether oxygens (including phenoxy) is 1. The number of nitrogens with one attached hydrogen (secondary N) is 1. The van der Waals surface area contributed by atoms with Crippen molar-refractivity contribution < 1.29 is 17.9 Å². The maximum absolute atomic E-state index is 13.1. The highest BCUT2D eigenvalue weighted by Crippen LogP contribution is 2.20. The summed E-state index contributed by atoms with van der Waals surface area (Å²) in [5.74, 6) is -0.295. The standard InChI is InChI=1S/C13H18F3NO/c1-13(2,10-4-3-5-11(14)8-10)17-6-7-18-9-12(15)16/h3-5,8,12,17H,6-7,9H2,1-2H3. The van der Waals surface area contributed by atoms with E-state index in [1.165, 1.54) is 12.1 Å². The molecule has 0 aliphatic carbocycles. The highest BCUT2D eigenvalue weighted by atomic mass is 19.3. The number of alkyl halides is 2. The number of halogens is 3. The maximum Gasteiger partial charge on any atom is 0.261 e. The Kier molecular flexibility index (Phi) is 5.62. The molecule has 102 valence electrons. The van der Waals surface area contributed by atoms with Crippen LogP contribution < -0.4 is 5.32 Å². The third-order valence-electron chi connectivity index (χ3n) is 2.60. The monoisotopic (exact) mass is 261 g/mol. The van der Waals surface area contributed by atoms with Crippen molar-refractivity contribution in [2.75, 3.05) is 19.8 Å². The predicted molar refractivity (Wildman–Crippen MR) is 64.3 cm³/mol. The molecule has 0 radical (unpaired) electrons. The summed E-state index contributed by atoms with van der Waals surface area (Å²) in [6.07, 6.45) is -2.44. The van der Waals surface area contributed by atoms with Crippen molar-refractivity contribution in [1.29, 1.82) is 0 Å². The van der Waals surface area contributed by atoms with Gasteiger partial charge in [0.15, 0.2) is 0 Å². The zero-order chi connectivity index (χ0) is 13.6. The molecule has 0 bridgehead atoms. The molecule has 5 heteroatoms.